The van der Waals surface area contributed by atoms with Crippen LogP contribution >= 0.6 is 0 Å². The minimum absolute atomic E-state index is 0.0660. The van der Waals surface area contributed by atoms with Gasteiger partial charge in [-0.25, -0.2) is 0 Å². The van der Waals surface area contributed by atoms with Gasteiger partial charge in [0.15, 0.2) is 1.41 Å². The fourth-order valence-corrected chi connectivity index (χ4v) is 2.82. The molecule has 0 aromatic heterocycles. The lowest BCUT2D eigenvalue weighted by Gasteiger charge is -2.19. The van der Waals surface area contributed by atoms with Crippen LogP contribution in [0.4, 0.5) is 0 Å². The summed E-state index contributed by atoms with van der Waals surface area (Å²) < 4.78 is 13.0. The number of ether oxygens (including phenoxy) is 1. The Kier molecular flexibility index (Phi) is 11.5. The Morgan fingerprint density at radius 1 is 1.03 bits per heavy atom. The van der Waals surface area contributed by atoms with E-state index < -0.39 is 35.8 Å². The summed E-state index contributed by atoms with van der Waals surface area (Å²) in [5.74, 6) is -2.56. The van der Waals surface area contributed by atoms with Crippen LogP contribution in [0, 0.1) is 0 Å². The van der Waals surface area contributed by atoms with Gasteiger partial charge in [0.25, 0.3) is 0 Å². The molecular formula is C23H33N3O6. The van der Waals surface area contributed by atoms with Crippen LogP contribution in [0.5, 0.6) is 0 Å². The number of Topliss-reactive ketones (excluding diaryl/α,β-unsaturated/α-hetero) is 1. The van der Waals surface area contributed by atoms with E-state index in [1.54, 1.807) is 12.1 Å². The first-order valence-electron chi connectivity index (χ1n) is 11.2. The smallest absolute Gasteiger partial charge is 0.306 e. The molecule has 0 saturated carbocycles. The molecule has 1 aromatic carbocycles. The molecule has 3 amide bonds. The van der Waals surface area contributed by atoms with Crippen molar-refractivity contribution in [3.63, 3.8) is 0 Å². The minimum atomic E-state index is -1.15. The zero-order valence-corrected chi connectivity index (χ0v) is 18.7. The van der Waals surface area contributed by atoms with Gasteiger partial charge in [-0.2, -0.15) is 0 Å². The predicted molar refractivity (Wildman–Crippen MR) is 118 cm³/mol. The molecule has 0 radical (unpaired) electrons. The number of primary amides is 1. The Morgan fingerprint density at radius 3 is 2.31 bits per heavy atom. The monoisotopic (exact) mass is 448 g/mol. The van der Waals surface area contributed by atoms with Gasteiger partial charge in [-0.3, -0.25) is 19.2 Å². The molecule has 0 unspecified atom stereocenters. The van der Waals surface area contributed by atoms with Crippen molar-refractivity contribution >= 4 is 29.5 Å². The summed E-state index contributed by atoms with van der Waals surface area (Å²) in [4.78, 5) is 59.2. The van der Waals surface area contributed by atoms with Crippen LogP contribution in [0.15, 0.2) is 30.3 Å². The van der Waals surface area contributed by atoms with Crippen LogP contribution in [0.3, 0.4) is 0 Å². The molecule has 0 fully saturated rings. The molecule has 0 aliphatic heterocycles. The summed E-state index contributed by atoms with van der Waals surface area (Å²) in [5.41, 5.74) is 6.15. The van der Waals surface area contributed by atoms with E-state index in [0.29, 0.717) is 31.0 Å². The number of carbonyl (C=O) groups is 5. The van der Waals surface area contributed by atoms with E-state index >= 15 is 0 Å². The van der Waals surface area contributed by atoms with Crippen molar-refractivity contribution in [1.29, 1.82) is 0 Å². The summed E-state index contributed by atoms with van der Waals surface area (Å²) in [5, 5.41) is 2.96. The predicted octanol–water partition coefficient (Wildman–Crippen LogP) is 1.52. The number of nitrogens with one attached hydrogen (secondary N) is 2. The molecular weight excluding hydrogens is 414 g/mol. The number of hydrogen-bond acceptors (Lipinski definition) is 6. The Bertz CT molecular complexity index is 818. The number of rotatable bonds is 15. The Morgan fingerprint density at radius 2 is 1.69 bits per heavy atom. The highest BCUT2D eigenvalue weighted by atomic mass is 16.5. The van der Waals surface area contributed by atoms with E-state index in [1.165, 1.54) is 13.8 Å². The quantitative estimate of drug-likeness (QED) is 0.274. The largest absolute Gasteiger partial charge is 0.461 e. The molecule has 9 nitrogen and oxygen atoms in total. The average Bonchev–Trinajstić information content (AvgIpc) is 2.79. The van der Waals surface area contributed by atoms with Crippen molar-refractivity contribution in [3.8, 4) is 0 Å². The van der Waals surface area contributed by atoms with Crippen LogP contribution in [0.1, 0.15) is 64.4 Å². The number of benzene rings is 1. The number of hydrogen-bond donors (Lipinski definition) is 3. The van der Waals surface area contributed by atoms with E-state index in [4.69, 9.17) is 11.9 Å². The lowest BCUT2D eigenvalue weighted by atomic mass is 10.1. The molecule has 0 spiro atoms. The number of carbonyl (C=O) groups excluding carboxylic acids is 5. The van der Waals surface area contributed by atoms with Crippen LogP contribution in [-0.4, -0.2) is 41.6 Å². The second-order valence-electron chi connectivity index (χ2n) is 7.61. The third-order valence-electron chi connectivity index (χ3n) is 4.68. The molecule has 0 saturated heterocycles. The highest BCUT2D eigenvalue weighted by molar-refractivity contribution is 5.91. The molecule has 176 valence electrons. The summed E-state index contributed by atoms with van der Waals surface area (Å²) in [6.07, 6.45) is 2.17. The lowest BCUT2D eigenvalue weighted by molar-refractivity contribution is -0.145. The van der Waals surface area contributed by atoms with Crippen LogP contribution in [-0.2, 0) is 35.3 Å². The summed E-state index contributed by atoms with van der Waals surface area (Å²) >= 11 is 0. The standard InChI is InChI=1S/C23H33N3O6/c1-16(27)9-5-3-8-12-20(28)25-17(2)23(31)26-19(22(24)30)13-14-21(29)32-15-18-10-6-4-7-11-18/h4,6-7,10-11,17,19H,3,5,8-9,12-15H2,1-2H3,(H2,24,30)(H,25,28)(H,26,31)/t17-,19-/m0/s1/i/hD. The van der Waals surface area contributed by atoms with Gasteiger partial charge in [-0.1, -0.05) is 36.8 Å². The van der Waals surface area contributed by atoms with Crippen LogP contribution < -0.4 is 16.4 Å². The molecule has 0 aliphatic carbocycles. The van der Waals surface area contributed by atoms with Crippen molar-refractivity contribution < 1.29 is 30.1 Å². The number of ketones is 1. The lowest BCUT2D eigenvalue weighted by Crippen LogP contribution is -2.52. The van der Waals surface area contributed by atoms with Crippen molar-refractivity contribution in [3.05, 3.63) is 35.9 Å². The van der Waals surface area contributed by atoms with E-state index in [0.717, 1.165) is 5.56 Å². The van der Waals surface area contributed by atoms with Crippen molar-refractivity contribution in [2.24, 2.45) is 5.73 Å². The maximum atomic E-state index is 12.4. The summed E-state index contributed by atoms with van der Waals surface area (Å²) in [6, 6.07) is 6.80. The van der Waals surface area contributed by atoms with E-state index in [9.17, 15) is 24.0 Å². The number of esters is 1. The van der Waals surface area contributed by atoms with Gasteiger partial charge in [0, 0.05) is 19.3 Å². The second kappa shape index (κ2) is 14.7. The van der Waals surface area contributed by atoms with E-state index in [2.05, 4.69) is 5.32 Å². The number of unbranched alkanes of at least 4 members (excludes halogenated alkanes) is 2. The molecule has 9 heteroatoms. The fraction of sp³-hybridized carbons (Fsp3) is 0.522. The molecule has 1 rings (SSSR count). The number of amides is 3. The van der Waals surface area contributed by atoms with Gasteiger partial charge in [0.1, 0.15) is 24.5 Å². The second-order valence-corrected chi connectivity index (χ2v) is 7.61. The summed E-state index contributed by atoms with van der Waals surface area (Å²) in [6.45, 7) is 2.96. The van der Waals surface area contributed by atoms with Gasteiger partial charge in [0.05, 0.1) is 0 Å². The highest BCUT2D eigenvalue weighted by Gasteiger charge is 2.23. The first-order valence-corrected chi connectivity index (χ1v) is 10.7. The van der Waals surface area contributed by atoms with Crippen molar-refractivity contribution in [2.75, 3.05) is 0 Å². The van der Waals surface area contributed by atoms with Gasteiger partial charge >= 0.3 is 5.97 Å². The topological polar surface area (TPSA) is 145 Å². The molecule has 0 aliphatic rings. The molecule has 4 N–H and O–H groups in total. The van der Waals surface area contributed by atoms with Crippen molar-refractivity contribution in [2.45, 2.75) is 77.5 Å². The first kappa shape index (κ1) is 25.0. The van der Waals surface area contributed by atoms with E-state index in [1.807, 2.05) is 18.2 Å². The normalized spacial score (nSPS) is 12.8. The molecule has 0 heterocycles. The molecule has 1 aromatic rings. The van der Waals surface area contributed by atoms with Gasteiger partial charge in [-0.15, -0.1) is 0 Å². The maximum absolute atomic E-state index is 12.4. The minimum Gasteiger partial charge on any atom is -0.461 e. The zero-order chi connectivity index (χ0) is 24.8. The maximum Gasteiger partial charge on any atom is 0.306 e. The Balaban J connectivity index is 2.44. The molecule has 2 atom stereocenters. The summed E-state index contributed by atoms with van der Waals surface area (Å²) in [7, 11) is 0. The molecule has 32 heavy (non-hydrogen) atoms. The zero-order valence-electron chi connectivity index (χ0n) is 19.7. The fourth-order valence-electron chi connectivity index (χ4n) is 2.82. The van der Waals surface area contributed by atoms with Crippen LogP contribution in [0.2, 0.25) is 1.41 Å². The SMILES string of the molecule is [2H]N(C(=O)CCCCCC(C)=O)[C@@H](C)C(=O)N[C@@H](CCC(=O)OCc1ccccc1)C(N)=O. The van der Waals surface area contributed by atoms with Gasteiger partial charge < -0.3 is 25.9 Å². The highest BCUT2D eigenvalue weighted by Crippen LogP contribution is 2.06. The van der Waals surface area contributed by atoms with Crippen molar-refractivity contribution in [1.82, 2.24) is 10.6 Å². The Hall–Kier alpha value is -3.23. The van der Waals surface area contributed by atoms with Crippen LogP contribution in [0.25, 0.3) is 0 Å². The van der Waals surface area contributed by atoms with E-state index in [-0.39, 0.29) is 31.7 Å². The third kappa shape index (κ3) is 11.8. The first-order chi connectivity index (χ1) is 15.6. The third-order valence-corrected chi connectivity index (χ3v) is 4.68. The van der Waals surface area contributed by atoms with Gasteiger partial charge in [-0.05, 0) is 38.7 Å². The Labute approximate surface area is 189 Å². The average molecular weight is 449 g/mol. The van der Waals surface area contributed by atoms with Gasteiger partial charge in [0.2, 0.25) is 17.7 Å². The molecule has 0 bridgehead atoms. The number of nitrogens with two attached hydrogens (primary N) is 1.